The van der Waals surface area contributed by atoms with Crippen molar-refractivity contribution in [2.45, 2.75) is 0 Å². The predicted octanol–water partition coefficient (Wildman–Crippen LogP) is 10.0. The second-order valence-corrected chi connectivity index (χ2v) is 11.2. The van der Waals surface area contributed by atoms with Crippen LogP contribution < -0.4 is 0 Å². The van der Waals surface area contributed by atoms with Gasteiger partial charge in [0, 0.05) is 32.7 Å². The summed E-state index contributed by atoms with van der Waals surface area (Å²) in [4.78, 5) is 20.2. The SMILES string of the molecule is c1ccc(-c2ccc3ccc4ccc(-c5ccc6cc(-c7ccc8cc9ccccc9cc8n7)ccc6n5)nc4c3n2)cc1. The zero-order valence-electron chi connectivity index (χ0n) is 23.6. The van der Waals surface area contributed by atoms with Gasteiger partial charge in [-0.25, -0.2) is 19.9 Å². The second kappa shape index (κ2) is 9.79. The molecule has 0 saturated heterocycles. The summed E-state index contributed by atoms with van der Waals surface area (Å²) in [5.41, 5.74) is 9.39. The average molecular weight is 561 g/mol. The maximum Gasteiger partial charge on any atom is 0.0973 e. The van der Waals surface area contributed by atoms with E-state index in [1.54, 1.807) is 0 Å². The van der Waals surface area contributed by atoms with E-state index in [0.717, 1.165) is 77.5 Å². The maximum atomic E-state index is 5.10. The highest BCUT2D eigenvalue weighted by atomic mass is 14.8. The zero-order valence-corrected chi connectivity index (χ0v) is 23.6. The van der Waals surface area contributed by atoms with Gasteiger partial charge in [-0.15, -0.1) is 0 Å². The van der Waals surface area contributed by atoms with Gasteiger partial charge in [-0.3, -0.25) is 0 Å². The molecule has 0 saturated carbocycles. The van der Waals surface area contributed by atoms with E-state index in [1.807, 2.05) is 30.3 Å². The van der Waals surface area contributed by atoms with Crippen LogP contribution in [0.5, 0.6) is 0 Å². The first-order valence-corrected chi connectivity index (χ1v) is 14.7. The van der Waals surface area contributed by atoms with E-state index in [0.29, 0.717) is 0 Å². The Hall–Kier alpha value is -6.00. The summed E-state index contributed by atoms with van der Waals surface area (Å²) < 4.78 is 0. The molecule has 0 unspecified atom stereocenters. The molecule has 5 aromatic carbocycles. The molecule has 4 aromatic heterocycles. The standard InChI is InChI=1S/C40H24N4/c1-2-6-25(7-3-1)33-17-12-26-10-11-27-13-20-37(44-40(27)39(26)43-33)36-21-16-31-23-30(14-18-34(31)41-36)35-19-15-32-22-28-8-4-5-9-29(28)24-38(32)42-35/h1-24H. The van der Waals surface area contributed by atoms with Gasteiger partial charge in [0.25, 0.3) is 0 Å². The molecule has 0 aliphatic rings. The molecule has 9 rings (SSSR count). The molecule has 0 amide bonds. The summed E-state index contributed by atoms with van der Waals surface area (Å²) in [5, 5.41) is 6.75. The monoisotopic (exact) mass is 560 g/mol. The van der Waals surface area contributed by atoms with Crippen LogP contribution in [0.15, 0.2) is 146 Å². The Kier molecular flexibility index (Phi) is 5.47. The zero-order chi connectivity index (χ0) is 29.0. The quantitative estimate of drug-likeness (QED) is 0.159. The van der Waals surface area contributed by atoms with Crippen LogP contribution in [0.3, 0.4) is 0 Å². The van der Waals surface area contributed by atoms with E-state index >= 15 is 0 Å². The molecule has 0 atom stereocenters. The molecule has 44 heavy (non-hydrogen) atoms. The lowest BCUT2D eigenvalue weighted by Gasteiger charge is -2.09. The lowest BCUT2D eigenvalue weighted by molar-refractivity contribution is 1.31. The van der Waals surface area contributed by atoms with Crippen molar-refractivity contribution in [3.63, 3.8) is 0 Å². The molecule has 0 fully saturated rings. The molecule has 204 valence electrons. The number of hydrogen-bond acceptors (Lipinski definition) is 4. The number of rotatable bonds is 3. The van der Waals surface area contributed by atoms with Gasteiger partial charge >= 0.3 is 0 Å². The van der Waals surface area contributed by atoms with E-state index in [2.05, 4.69) is 115 Å². The molecular weight excluding hydrogens is 536 g/mol. The molecule has 0 radical (unpaired) electrons. The molecule has 0 spiro atoms. The van der Waals surface area contributed by atoms with Crippen molar-refractivity contribution in [2.24, 2.45) is 0 Å². The third kappa shape index (κ3) is 4.16. The van der Waals surface area contributed by atoms with Gasteiger partial charge in [-0.1, -0.05) is 97.1 Å². The van der Waals surface area contributed by atoms with Crippen molar-refractivity contribution >= 4 is 54.4 Å². The fourth-order valence-corrected chi connectivity index (χ4v) is 6.08. The number of fused-ring (bicyclic) bond motifs is 6. The Balaban J connectivity index is 1.10. The number of aromatic nitrogens is 4. The van der Waals surface area contributed by atoms with E-state index < -0.39 is 0 Å². The first-order chi connectivity index (χ1) is 21.7. The first-order valence-electron chi connectivity index (χ1n) is 14.7. The van der Waals surface area contributed by atoms with Crippen molar-refractivity contribution in [1.29, 1.82) is 0 Å². The molecule has 4 nitrogen and oxygen atoms in total. The van der Waals surface area contributed by atoms with Crippen LogP contribution in [-0.2, 0) is 0 Å². The van der Waals surface area contributed by atoms with Crippen molar-refractivity contribution in [3.05, 3.63) is 146 Å². The fraction of sp³-hybridized carbons (Fsp3) is 0. The molecule has 0 bridgehead atoms. The lowest BCUT2D eigenvalue weighted by atomic mass is 10.0. The average Bonchev–Trinajstić information content (AvgIpc) is 3.10. The summed E-state index contributed by atoms with van der Waals surface area (Å²) in [6.45, 7) is 0. The Bertz CT molecular complexity index is 2560. The minimum atomic E-state index is 0.825. The summed E-state index contributed by atoms with van der Waals surface area (Å²) in [6, 6.07) is 50.4. The van der Waals surface area contributed by atoms with Crippen LogP contribution in [0, 0.1) is 0 Å². The van der Waals surface area contributed by atoms with Crippen molar-refractivity contribution in [3.8, 4) is 33.9 Å². The number of benzene rings is 5. The van der Waals surface area contributed by atoms with Gasteiger partial charge in [-0.2, -0.15) is 0 Å². The Morgan fingerprint density at radius 2 is 0.795 bits per heavy atom. The van der Waals surface area contributed by atoms with Gasteiger partial charge in [0.15, 0.2) is 0 Å². The molecule has 0 aliphatic heterocycles. The predicted molar refractivity (Wildman–Crippen MR) is 181 cm³/mol. The van der Waals surface area contributed by atoms with Crippen LogP contribution in [0.2, 0.25) is 0 Å². The minimum absolute atomic E-state index is 0.825. The first kappa shape index (κ1) is 24.6. The third-order valence-corrected chi connectivity index (χ3v) is 8.39. The highest BCUT2D eigenvalue weighted by molar-refractivity contribution is 6.04. The molecule has 4 heteroatoms. The van der Waals surface area contributed by atoms with Crippen molar-refractivity contribution in [1.82, 2.24) is 19.9 Å². The van der Waals surface area contributed by atoms with Gasteiger partial charge in [0.2, 0.25) is 0 Å². The van der Waals surface area contributed by atoms with Crippen LogP contribution in [0.4, 0.5) is 0 Å². The number of hydrogen-bond donors (Lipinski definition) is 0. The second-order valence-electron chi connectivity index (χ2n) is 11.2. The van der Waals surface area contributed by atoms with E-state index in [-0.39, 0.29) is 0 Å². The lowest BCUT2D eigenvalue weighted by Crippen LogP contribution is -1.93. The van der Waals surface area contributed by atoms with E-state index in [4.69, 9.17) is 19.9 Å². The number of nitrogens with zero attached hydrogens (tertiary/aromatic N) is 4. The molecular formula is C40H24N4. The summed E-state index contributed by atoms with van der Waals surface area (Å²) in [7, 11) is 0. The molecule has 0 N–H and O–H groups in total. The van der Waals surface area contributed by atoms with Crippen LogP contribution >= 0.6 is 0 Å². The van der Waals surface area contributed by atoms with E-state index in [1.165, 1.54) is 10.8 Å². The third-order valence-electron chi connectivity index (χ3n) is 8.39. The van der Waals surface area contributed by atoms with Crippen molar-refractivity contribution in [2.75, 3.05) is 0 Å². The Morgan fingerprint density at radius 1 is 0.273 bits per heavy atom. The van der Waals surface area contributed by atoms with Crippen molar-refractivity contribution < 1.29 is 0 Å². The highest BCUT2D eigenvalue weighted by Gasteiger charge is 2.11. The molecule has 0 aliphatic carbocycles. The van der Waals surface area contributed by atoms with Gasteiger partial charge in [-0.05, 0) is 59.3 Å². The summed E-state index contributed by atoms with van der Waals surface area (Å²) >= 11 is 0. The normalized spacial score (nSPS) is 11.6. The topological polar surface area (TPSA) is 51.6 Å². The van der Waals surface area contributed by atoms with E-state index in [9.17, 15) is 0 Å². The van der Waals surface area contributed by atoms with Crippen LogP contribution in [0.1, 0.15) is 0 Å². The summed E-state index contributed by atoms with van der Waals surface area (Å²) in [6.07, 6.45) is 0. The smallest absolute Gasteiger partial charge is 0.0973 e. The van der Waals surface area contributed by atoms with Crippen LogP contribution in [0.25, 0.3) is 88.3 Å². The van der Waals surface area contributed by atoms with Crippen LogP contribution in [-0.4, -0.2) is 19.9 Å². The van der Waals surface area contributed by atoms with Gasteiger partial charge < -0.3 is 0 Å². The maximum absolute atomic E-state index is 5.10. The molecule has 4 heterocycles. The van der Waals surface area contributed by atoms with Gasteiger partial charge in [0.1, 0.15) is 0 Å². The minimum Gasteiger partial charge on any atom is -0.248 e. The largest absolute Gasteiger partial charge is 0.248 e. The van der Waals surface area contributed by atoms with Gasteiger partial charge in [0.05, 0.1) is 44.8 Å². The molecule has 9 aromatic rings. The Morgan fingerprint density at radius 3 is 1.55 bits per heavy atom. The number of pyridine rings is 4. The fourth-order valence-electron chi connectivity index (χ4n) is 6.08. The summed E-state index contributed by atoms with van der Waals surface area (Å²) in [5.74, 6) is 0. The Labute approximate surface area is 253 Å². The highest BCUT2D eigenvalue weighted by Crippen LogP contribution is 2.31.